The van der Waals surface area contributed by atoms with E-state index in [1.165, 1.54) is 0 Å². The highest BCUT2D eigenvalue weighted by Gasteiger charge is 2.11. The molecule has 2 nitrogen and oxygen atoms in total. The summed E-state index contributed by atoms with van der Waals surface area (Å²) < 4.78 is 4.94. The summed E-state index contributed by atoms with van der Waals surface area (Å²) in [6.07, 6.45) is 0.399. The number of hydrogen-bond donors (Lipinski definition) is 1. The van der Waals surface area contributed by atoms with E-state index in [0.29, 0.717) is 19.6 Å². The highest BCUT2D eigenvalue weighted by atomic mass is 16.5. The van der Waals surface area contributed by atoms with Crippen LogP contribution < -0.4 is 0 Å². The molecule has 0 aromatic rings. The number of aliphatic hydroxyl groups is 1. The molecule has 1 saturated heterocycles. The standard InChI is InChI=1S/C6H10O2/c1-5-2-6(7)4-8-3-5/h6-7H,1-4H2. The van der Waals surface area contributed by atoms with Crippen molar-refractivity contribution >= 4 is 0 Å². The maximum absolute atomic E-state index is 8.89. The molecule has 0 aliphatic carbocycles. The fraction of sp³-hybridized carbons (Fsp3) is 0.667. The first-order valence-electron chi connectivity index (χ1n) is 2.71. The van der Waals surface area contributed by atoms with E-state index < -0.39 is 0 Å². The van der Waals surface area contributed by atoms with E-state index in [0.717, 1.165) is 5.57 Å². The van der Waals surface area contributed by atoms with Gasteiger partial charge in [-0.15, -0.1) is 0 Å². The molecule has 1 aliphatic heterocycles. The number of hydrogen-bond acceptors (Lipinski definition) is 2. The van der Waals surface area contributed by atoms with Crippen molar-refractivity contribution in [1.29, 1.82) is 0 Å². The van der Waals surface area contributed by atoms with E-state index in [1.54, 1.807) is 0 Å². The Kier molecular flexibility index (Phi) is 1.65. The van der Waals surface area contributed by atoms with Crippen LogP contribution in [0.25, 0.3) is 0 Å². The fourth-order valence-electron chi connectivity index (χ4n) is 0.790. The van der Waals surface area contributed by atoms with Crippen molar-refractivity contribution in [2.24, 2.45) is 0 Å². The van der Waals surface area contributed by atoms with E-state index in [9.17, 15) is 0 Å². The van der Waals surface area contributed by atoms with Gasteiger partial charge < -0.3 is 9.84 Å². The van der Waals surface area contributed by atoms with Crippen LogP contribution in [0.15, 0.2) is 12.2 Å². The summed E-state index contributed by atoms with van der Waals surface area (Å²) in [5.74, 6) is 0. The van der Waals surface area contributed by atoms with Gasteiger partial charge in [0.2, 0.25) is 0 Å². The Morgan fingerprint density at radius 3 is 2.88 bits per heavy atom. The summed E-state index contributed by atoms with van der Waals surface area (Å²) >= 11 is 0. The summed E-state index contributed by atoms with van der Waals surface area (Å²) in [5.41, 5.74) is 0.990. The third-order valence-electron chi connectivity index (χ3n) is 1.14. The van der Waals surface area contributed by atoms with Crippen LogP contribution in [-0.4, -0.2) is 24.4 Å². The number of aliphatic hydroxyl groups excluding tert-OH is 1. The van der Waals surface area contributed by atoms with Crippen molar-refractivity contribution in [3.8, 4) is 0 Å². The summed E-state index contributed by atoms with van der Waals surface area (Å²) in [7, 11) is 0. The van der Waals surface area contributed by atoms with Crippen LogP contribution in [0.1, 0.15) is 6.42 Å². The SMILES string of the molecule is C=C1COCC(O)C1. The second kappa shape index (κ2) is 2.29. The van der Waals surface area contributed by atoms with Crippen LogP contribution in [0, 0.1) is 0 Å². The van der Waals surface area contributed by atoms with Gasteiger partial charge in [-0.25, -0.2) is 0 Å². The highest BCUT2D eigenvalue weighted by Crippen LogP contribution is 2.09. The molecule has 1 atom stereocenters. The molecule has 8 heavy (non-hydrogen) atoms. The van der Waals surface area contributed by atoms with E-state index in [2.05, 4.69) is 6.58 Å². The van der Waals surface area contributed by atoms with Gasteiger partial charge in [-0.05, 0) is 12.0 Å². The molecule has 1 fully saturated rings. The van der Waals surface area contributed by atoms with Gasteiger partial charge in [0.25, 0.3) is 0 Å². The quantitative estimate of drug-likeness (QED) is 0.460. The lowest BCUT2D eigenvalue weighted by molar-refractivity contribution is 0.0207. The zero-order valence-corrected chi connectivity index (χ0v) is 4.76. The molecule has 1 heterocycles. The molecule has 46 valence electrons. The Balaban J connectivity index is 2.34. The second-order valence-electron chi connectivity index (χ2n) is 2.12. The van der Waals surface area contributed by atoms with Gasteiger partial charge in [0.15, 0.2) is 0 Å². The molecular weight excluding hydrogens is 104 g/mol. The third-order valence-corrected chi connectivity index (χ3v) is 1.14. The molecule has 0 radical (unpaired) electrons. The van der Waals surface area contributed by atoms with Crippen molar-refractivity contribution in [3.05, 3.63) is 12.2 Å². The molecule has 0 saturated carbocycles. The topological polar surface area (TPSA) is 29.5 Å². The van der Waals surface area contributed by atoms with Crippen molar-refractivity contribution in [2.45, 2.75) is 12.5 Å². The number of rotatable bonds is 0. The summed E-state index contributed by atoms with van der Waals surface area (Å²) in [6, 6.07) is 0. The second-order valence-corrected chi connectivity index (χ2v) is 2.12. The Labute approximate surface area is 48.8 Å². The molecule has 1 aliphatic rings. The molecule has 1 rings (SSSR count). The Hall–Kier alpha value is -0.340. The predicted octanol–water partition coefficient (Wildman–Crippen LogP) is 0.324. The normalized spacial score (nSPS) is 30.6. The van der Waals surface area contributed by atoms with Gasteiger partial charge in [-0.1, -0.05) is 6.58 Å². The smallest absolute Gasteiger partial charge is 0.0811 e. The number of ether oxygens (including phenoxy) is 1. The van der Waals surface area contributed by atoms with Crippen LogP contribution in [0.2, 0.25) is 0 Å². The minimum atomic E-state index is -0.309. The molecular formula is C6H10O2. The molecule has 1 unspecified atom stereocenters. The van der Waals surface area contributed by atoms with Crippen LogP contribution in [0.3, 0.4) is 0 Å². The molecule has 0 spiro atoms. The van der Waals surface area contributed by atoms with Gasteiger partial charge in [0.1, 0.15) is 0 Å². The highest BCUT2D eigenvalue weighted by molar-refractivity contribution is 4.98. The lowest BCUT2D eigenvalue weighted by atomic mass is 10.1. The Morgan fingerprint density at radius 2 is 2.50 bits per heavy atom. The lowest BCUT2D eigenvalue weighted by Gasteiger charge is -2.18. The van der Waals surface area contributed by atoms with Gasteiger partial charge in [-0.2, -0.15) is 0 Å². The van der Waals surface area contributed by atoms with Crippen molar-refractivity contribution in [3.63, 3.8) is 0 Å². The summed E-state index contributed by atoms with van der Waals surface area (Å²) in [6.45, 7) is 4.77. The molecule has 0 aromatic heterocycles. The largest absolute Gasteiger partial charge is 0.390 e. The van der Waals surface area contributed by atoms with Crippen LogP contribution in [0.5, 0.6) is 0 Å². The minimum absolute atomic E-state index is 0.309. The third kappa shape index (κ3) is 1.32. The monoisotopic (exact) mass is 114 g/mol. The zero-order valence-electron chi connectivity index (χ0n) is 4.76. The van der Waals surface area contributed by atoms with Gasteiger partial charge in [-0.3, -0.25) is 0 Å². The molecule has 0 bridgehead atoms. The fourth-order valence-corrected chi connectivity index (χ4v) is 0.790. The zero-order chi connectivity index (χ0) is 5.98. The van der Waals surface area contributed by atoms with Gasteiger partial charge >= 0.3 is 0 Å². The Bertz CT molecular complexity index is 98.7. The predicted molar refractivity (Wildman–Crippen MR) is 30.6 cm³/mol. The van der Waals surface area contributed by atoms with E-state index >= 15 is 0 Å². The first-order valence-corrected chi connectivity index (χ1v) is 2.71. The average Bonchev–Trinajstić information content (AvgIpc) is 1.64. The summed E-state index contributed by atoms with van der Waals surface area (Å²) in [5, 5.41) is 8.89. The molecule has 0 amide bonds. The van der Waals surface area contributed by atoms with Crippen molar-refractivity contribution in [2.75, 3.05) is 13.2 Å². The minimum Gasteiger partial charge on any atom is -0.390 e. The lowest BCUT2D eigenvalue weighted by Crippen LogP contribution is -2.23. The molecule has 0 aromatic carbocycles. The first kappa shape index (κ1) is 5.79. The van der Waals surface area contributed by atoms with E-state index in [4.69, 9.17) is 9.84 Å². The molecule has 2 heteroatoms. The average molecular weight is 114 g/mol. The van der Waals surface area contributed by atoms with Crippen molar-refractivity contribution in [1.82, 2.24) is 0 Å². The van der Waals surface area contributed by atoms with E-state index in [1.807, 2.05) is 0 Å². The van der Waals surface area contributed by atoms with E-state index in [-0.39, 0.29) is 6.10 Å². The van der Waals surface area contributed by atoms with Crippen LogP contribution in [0.4, 0.5) is 0 Å². The van der Waals surface area contributed by atoms with Crippen LogP contribution in [-0.2, 0) is 4.74 Å². The maximum atomic E-state index is 8.89. The first-order chi connectivity index (χ1) is 3.79. The van der Waals surface area contributed by atoms with Gasteiger partial charge in [0.05, 0.1) is 19.3 Å². The van der Waals surface area contributed by atoms with Gasteiger partial charge in [0, 0.05) is 0 Å². The van der Waals surface area contributed by atoms with Crippen molar-refractivity contribution < 1.29 is 9.84 Å². The maximum Gasteiger partial charge on any atom is 0.0811 e. The summed E-state index contributed by atoms with van der Waals surface area (Å²) in [4.78, 5) is 0. The Morgan fingerprint density at radius 1 is 1.75 bits per heavy atom. The van der Waals surface area contributed by atoms with Crippen LogP contribution >= 0.6 is 0 Å². The molecule has 1 N–H and O–H groups in total.